The van der Waals surface area contributed by atoms with Crippen LogP contribution in [-0.2, 0) is 0 Å². The first-order valence-electron chi connectivity index (χ1n) is 8.07. The van der Waals surface area contributed by atoms with Gasteiger partial charge in [0.05, 0.1) is 0 Å². The third-order valence-corrected chi connectivity index (χ3v) is 4.16. The Balaban J connectivity index is 2.18. The molecule has 1 aromatic rings. The fraction of sp³-hybridized carbons (Fsp3) is 0.706. The molecule has 1 aromatic heterocycles. The highest BCUT2D eigenvalue weighted by Gasteiger charge is 2.28. The average molecular weight is 275 g/mol. The van der Waals surface area contributed by atoms with E-state index in [4.69, 9.17) is 0 Å². The number of pyridine rings is 1. The average Bonchev–Trinajstić information content (AvgIpc) is 2.86. The van der Waals surface area contributed by atoms with E-state index in [0.29, 0.717) is 12.1 Å². The third kappa shape index (κ3) is 3.72. The second-order valence-corrected chi connectivity index (χ2v) is 6.44. The van der Waals surface area contributed by atoms with Gasteiger partial charge < -0.3 is 5.32 Å². The van der Waals surface area contributed by atoms with Gasteiger partial charge >= 0.3 is 0 Å². The standard InChI is InChI=1S/C17H29N3/c1-5-14(4)19-17-15(8-6-10-18-17)16-9-7-11-20(16)12-13(2)3/h6,8,10,13-14,16H,5,7,9,11-12H2,1-4H3,(H,18,19). The number of rotatable bonds is 6. The van der Waals surface area contributed by atoms with Gasteiger partial charge in [0.25, 0.3) is 0 Å². The van der Waals surface area contributed by atoms with E-state index in [1.54, 1.807) is 0 Å². The molecule has 0 aromatic carbocycles. The highest BCUT2D eigenvalue weighted by atomic mass is 15.2. The predicted octanol–water partition coefficient (Wildman–Crippen LogP) is 4.08. The van der Waals surface area contributed by atoms with Crippen molar-refractivity contribution < 1.29 is 0 Å². The molecule has 3 nitrogen and oxygen atoms in total. The fourth-order valence-electron chi connectivity index (χ4n) is 3.01. The van der Waals surface area contributed by atoms with E-state index in [-0.39, 0.29) is 0 Å². The fourth-order valence-corrected chi connectivity index (χ4v) is 3.01. The number of aromatic nitrogens is 1. The smallest absolute Gasteiger partial charge is 0.130 e. The lowest BCUT2D eigenvalue weighted by molar-refractivity contribution is 0.229. The van der Waals surface area contributed by atoms with Gasteiger partial charge in [-0.05, 0) is 44.7 Å². The molecule has 2 heterocycles. The molecule has 0 radical (unpaired) electrons. The van der Waals surface area contributed by atoms with Crippen LogP contribution in [0.2, 0.25) is 0 Å². The lowest BCUT2D eigenvalue weighted by atomic mass is 10.0. The zero-order valence-electron chi connectivity index (χ0n) is 13.4. The number of hydrogen-bond acceptors (Lipinski definition) is 3. The molecule has 1 saturated heterocycles. The summed E-state index contributed by atoms with van der Waals surface area (Å²) in [7, 11) is 0. The van der Waals surface area contributed by atoms with E-state index < -0.39 is 0 Å². The predicted molar refractivity (Wildman–Crippen MR) is 86.0 cm³/mol. The molecule has 0 saturated carbocycles. The second kappa shape index (κ2) is 7.07. The van der Waals surface area contributed by atoms with E-state index in [0.717, 1.165) is 18.2 Å². The maximum Gasteiger partial charge on any atom is 0.130 e. The maximum absolute atomic E-state index is 4.59. The van der Waals surface area contributed by atoms with Crippen molar-refractivity contribution in [1.82, 2.24) is 9.88 Å². The number of likely N-dealkylation sites (tertiary alicyclic amines) is 1. The van der Waals surface area contributed by atoms with E-state index in [1.807, 2.05) is 6.20 Å². The van der Waals surface area contributed by atoms with Crippen LogP contribution in [0.1, 0.15) is 58.6 Å². The first kappa shape index (κ1) is 15.3. The number of nitrogens with one attached hydrogen (secondary N) is 1. The van der Waals surface area contributed by atoms with Crippen molar-refractivity contribution in [3.05, 3.63) is 23.9 Å². The lowest BCUT2D eigenvalue weighted by Gasteiger charge is -2.28. The van der Waals surface area contributed by atoms with Crippen LogP contribution >= 0.6 is 0 Å². The van der Waals surface area contributed by atoms with E-state index >= 15 is 0 Å². The Hall–Kier alpha value is -1.09. The van der Waals surface area contributed by atoms with Crippen molar-refractivity contribution >= 4 is 5.82 Å². The van der Waals surface area contributed by atoms with Crippen molar-refractivity contribution in [3.63, 3.8) is 0 Å². The molecule has 1 aliphatic heterocycles. The molecule has 0 spiro atoms. The van der Waals surface area contributed by atoms with Crippen LogP contribution in [-0.4, -0.2) is 29.0 Å². The molecule has 3 heteroatoms. The summed E-state index contributed by atoms with van der Waals surface area (Å²) in [5.41, 5.74) is 1.38. The van der Waals surface area contributed by atoms with Crippen molar-refractivity contribution in [2.75, 3.05) is 18.4 Å². The second-order valence-electron chi connectivity index (χ2n) is 6.44. The molecular formula is C17H29N3. The van der Waals surface area contributed by atoms with Gasteiger partial charge in [0.2, 0.25) is 0 Å². The summed E-state index contributed by atoms with van der Waals surface area (Å²) < 4.78 is 0. The SMILES string of the molecule is CCC(C)Nc1ncccc1C1CCCN1CC(C)C. The Morgan fingerprint density at radius 2 is 2.20 bits per heavy atom. The van der Waals surface area contributed by atoms with Gasteiger partial charge in [-0.25, -0.2) is 4.98 Å². The first-order chi connectivity index (χ1) is 9.61. The summed E-state index contributed by atoms with van der Waals surface area (Å²) in [6.07, 6.45) is 5.58. The van der Waals surface area contributed by atoms with Gasteiger partial charge in [-0.2, -0.15) is 0 Å². The molecular weight excluding hydrogens is 246 g/mol. The number of hydrogen-bond donors (Lipinski definition) is 1. The minimum atomic E-state index is 0.476. The van der Waals surface area contributed by atoms with Gasteiger partial charge in [-0.1, -0.05) is 26.8 Å². The van der Waals surface area contributed by atoms with E-state index in [2.05, 4.69) is 55.0 Å². The van der Waals surface area contributed by atoms with Crippen LogP contribution in [0.25, 0.3) is 0 Å². The number of nitrogens with zero attached hydrogens (tertiary/aromatic N) is 2. The van der Waals surface area contributed by atoms with Crippen molar-refractivity contribution in [2.45, 2.75) is 59.0 Å². The molecule has 1 fully saturated rings. The highest BCUT2D eigenvalue weighted by molar-refractivity contribution is 5.46. The zero-order chi connectivity index (χ0) is 14.5. The van der Waals surface area contributed by atoms with Crippen LogP contribution < -0.4 is 5.32 Å². The molecule has 0 bridgehead atoms. The molecule has 1 aliphatic rings. The highest BCUT2D eigenvalue weighted by Crippen LogP contribution is 2.35. The van der Waals surface area contributed by atoms with Gasteiger partial charge in [-0.3, -0.25) is 4.90 Å². The zero-order valence-corrected chi connectivity index (χ0v) is 13.4. The normalized spacial score (nSPS) is 21.4. The van der Waals surface area contributed by atoms with Crippen molar-refractivity contribution in [1.29, 1.82) is 0 Å². The van der Waals surface area contributed by atoms with Gasteiger partial charge in [0.15, 0.2) is 0 Å². The van der Waals surface area contributed by atoms with Gasteiger partial charge in [0.1, 0.15) is 5.82 Å². The van der Waals surface area contributed by atoms with E-state index in [1.165, 1.54) is 31.5 Å². The van der Waals surface area contributed by atoms with Gasteiger partial charge in [0, 0.05) is 30.4 Å². The van der Waals surface area contributed by atoms with Gasteiger partial charge in [-0.15, -0.1) is 0 Å². The Labute approximate surface area is 123 Å². The van der Waals surface area contributed by atoms with Crippen LogP contribution in [0.4, 0.5) is 5.82 Å². The summed E-state index contributed by atoms with van der Waals surface area (Å²) in [5, 5.41) is 3.57. The summed E-state index contributed by atoms with van der Waals surface area (Å²) in [5.74, 6) is 1.81. The quantitative estimate of drug-likeness (QED) is 0.847. The molecule has 2 atom stereocenters. The largest absolute Gasteiger partial charge is 0.367 e. The van der Waals surface area contributed by atoms with Crippen LogP contribution in [0, 0.1) is 5.92 Å². The molecule has 0 aliphatic carbocycles. The summed E-state index contributed by atoms with van der Waals surface area (Å²) >= 11 is 0. The summed E-state index contributed by atoms with van der Waals surface area (Å²) in [6, 6.07) is 5.34. The van der Waals surface area contributed by atoms with Crippen LogP contribution in [0.5, 0.6) is 0 Å². The number of anilines is 1. The maximum atomic E-state index is 4.59. The monoisotopic (exact) mass is 275 g/mol. The van der Waals surface area contributed by atoms with Crippen LogP contribution in [0.3, 0.4) is 0 Å². The van der Waals surface area contributed by atoms with Crippen molar-refractivity contribution in [3.8, 4) is 0 Å². The third-order valence-electron chi connectivity index (χ3n) is 4.16. The summed E-state index contributed by atoms with van der Waals surface area (Å²) in [4.78, 5) is 7.22. The molecule has 2 unspecified atom stereocenters. The molecule has 0 amide bonds. The van der Waals surface area contributed by atoms with Crippen LogP contribution in [0.15, 0.2) is 18.3 Å². The first-order valence-corrected chi connectivity index (χ1v) is 8.07. The molecule has 2 rings (SSSR count). The van der Waals surface area contributed by atoms with E-state index in [9.17, 15) is 0 Å². The Morgan fingerprint density at radius 3 is 2.90 bits per heavy atom. The van der Waals surface area contributed by atoms with Crippen molar-refractivity contribution in [2.24, 2.45) is 5.92 Å². The lowest BCUT2D eigenvalue weighted by Crippen LogP contribution is -2.28. The molecule has 112 valence electrons. The minimum Gasteiger partial charge on any atom is -0.367 e. The Morgan fingerprint density at radius 1 is 1.40 bits per heavy atom. The summed E-state index contributed by atoms with van der Waals surface area (Å²) in [6.45, 7) is 11.4. The minimum absolute atomic E-state index is 0.476. The Bertz CT molecular complexity index is 416. The molecule has 20 heavy (non-hydrogen) atoms. The Kier molecular flexibility index (Phi) is 5.41. The topological polar surface area (TPSA) is 28.2 Å². The molecule has 1 N–H and O–H groups in total.